The lowest BCUT2D eigenvalue weighted by Crippen LogP contribution is -2.50. The van der Waals surface area contributed by atoms with Crippen LogP contribution in [0.4, 0.5) is 0 Å². The van der Waals surface area contributed by atoms with Crippen LogP contribution < -0.4 is 0 Å². The first kappa shape index (κ1) is 24.1. The number of carbonyl (C=O) groups excluding carboxylic acids is 1. The van der Waals surface area contributed by atoms with Crippen molar-refractivity contribution in [2.45, 2.75) is 44.6 Å². The molecule has 1 aliphatic carbocycles. The number of aliphatic carboxylic acids is 1. The number of aromatic carboxylic acids is 1. The summed E-state index contributed by atoms with van der Waals surface area (Å²) >= 11 is 0. The summed E-state index contributed by atoms with van der Waals surface area (Å²) in [5.74, 6) is -1.61. The third-order valence-corrected chi connectivity index (χ3v) is 7.54. The van der Waals surface area contributed by atoms with E-state index in [4.69, 9.17) is 9.52 Å². The van der Waals surface area contributed by atoms with E-state index >= 15 is 0 Å². The number of amides is 1. The molecule has 1 saturated carbocycles. The Labute approximate surface area is 208 Å². The van der Waals surface area contributed by atoms with Crippen molar-refractivity contribution in [1.82, 2.24) is 14.4 Å². The van der Waals surface area contributed by atoms with Gasteiger partial charge in [0.2, 0.25) is 5.91 Å². The van der Waals surface area contributed by atoms with Crippen molar-refractivity contribution in [3.63, 3.8) is 0 Å². The molecule has 2 fully saturated rings. The molecule has 1 amide bonds. The first-order chi connectivity index (χ1) is 17.4. The summed E-state index contributed by atoms with van der Waals surface area (Å²) < 4.78 is 7.39. The lowest BCUT2D eigenvalue weighted by molar-refractivity contribution is -0.139. The Hall–Kier alpha value is -3.59. The van der Waals surface area contributed by atoms with E-state index in [1.54, 1.807) is 29.6 Å². The van der Waals surface area contributed by atoms with E-state index < -0.39 is 11.9 Å². The maximum Gasteiger partial charge on any atom is 0.335 e. The van der Waals surface area contributed by atoms with Crippen LogP contribution in [0.1, 0.15) is 53.9 Å². The van der Waals surface area contributed by atoms with Crippen molar-refractivity contribution < 1.29 is 29.0 Å². The Morgan fingerprint density at radius 2 is 1.69 bits per heavy atom. The molecule has 0 bridgehead atoms. The molecule has 0 spiro atoms. The van der Waals surface area contributed by atoms with Gasteiger partial charge in [-0.3, -0.25) is 14.5 Å². The van der Waals surface area contributed by atoms with Crippen LogP contribution in [0.5, 0.6) is 0 Å². The minimum atomic E-state index is -1.00. The van der Waals surface area contributed by atoms with Crippen LogP contribution >= 0.6 is 0 Å². The predicted molar refractivity (Wildman–Crippen MR) is 133 cm³/mol. The zero-order valence-corrected chi connectivity index (χ0v) is 20.2. The van der Waals surface area contributed by atoms with E-state index in [-0.39, 0.29) is 24.6 Å². The summed E-state index contributed by atoms with van der Waals surface area (Å²) in [7, 11) is 0. The molecule has 1 aromatic carbocycles. The molecule has 0 atom stereocenters. The summed E-state index contributed by atoms with van der Waals surface area (Å²) in [6, 6.07) is 7.10. The highest BCUT2D eigenvalue weighted by atomic mass is 16.4. The fourth-order valence-electron chi connectivity index (χ4n) is 5.77. The van der Waals surface area contributed by atoms with Crippen LogP contribution in [-0.4, -0.2) is 75.1 Å². The molecule has 190 valence electrons. The lowest BCUT2D eigenvalue weighted by atomic mass is 9.82. The third-order valence-electron chi connectivity index (χ3n) is 7.54. The number of hydrogen-bond acceptors (Lipinski definition) is 5. The van der Waals surface area contributed by atoms with E-state index in [1.807, 2.05) is 21.6 Å². The molecule has 1 aliphatic heterocycles. The van der Waals surface area contributed by atoms with E-state index in [1.165, 1.54) is 12.0 Å². The van der Waals surface area contributed by atoms with Crippen LogP contribution in [0.25, 0.3) is 22.2 Å². The zero-order chi connectivity index (χ0) is 25.2. The van der Waals surface area contributed by atoms with Gasteiger partial charge in [0.25, 0.3) is 0 Å². The molecule has 0 radical (unpaired) electrons. The van der Waals surface area contributed by atoms with Gasteiger partial charge in [-0.15, -0.1) is 0 Å². The molecule has 2 aromatic heterocycles. The minimum Gasteiger partial charge on any atom is -0.480 e. The first-order valence-electron chi connectivity index (χ1n) is 12.6. The van der Waals surface area contributed by atoms with Crippen LogP contribution in [0.15, 0.2) is 41.2 Å². The number of carbonyl (C=O) groups is 3. The Balaban J connectivity index is 1.55. The smallest absolute Gasteiger partial charge is 0.335 e. The molecule has 2 aliphatic rings. The highest BCUT2D eigenvalue weighted by molar-refractivity contribution is 5.99. The molecule has 2 N–H and O–H groups in total. The Morgan fingerprint density at radius 3 is 2.33 bits per heavy atom. The highest BCUT2D eigenvalue weighted by Gasteiger charge is 2.30. The van der Waals surface area contributed by atoms with Crippen molar-refractivity contribution >= 4 is 28.7 Å². The Bertz CT molecular complexity index is 1260. The molecule has 3 heterocycles. The second-order valence-electron chi connectivity index (χ2n) is 9.78. The molecular formula is C27H31N3O6. The van der Waals surface area contributed by atoms with Gasteiger partial charge in [0.05, 0.1) is 35.8 Å². The fourth-order valence-corrected chi connectivity index (χ4v) is 5.77. The molecular weight excluding hydrogens is 462 g/mol. The number of rotatable bonds is 7. The third kappa shape index (κ3) is 4.75. The van der Waals surface area contributed by atoms with Gasteiger partial charge in [-0.2, -0.15) is 0 Å². The topological polar surface area (TPSA) is 116 Å². The van der Waals surface area contributed by atoms with Gasteiger partial charge in [-0.1, -0.05) is 25.3 Å². The van der Waals surface area contributed by atoms with E-state index in [0.29, 0.717) is 32.1 Å². The molecule has 0 unspecified atom stereocenters. The van der Waals surface area contributed by atoms with Crippen LogP contribution in [0.3, 0.4) is 0 Å². The number of carboxylic acids is 2. The molecule has 3 aromatic rings. The summed E-state index contributed by atoms with van der Waals surface area (Å²) in [6.07, 6.45) is 8.93. The van der Waals surface area contributed by atoms with Gasteiger partial charge >= 0.3 is 11.9 Å². The van der Waals surface area contributed by atoms with Crippen molar-refractivity contribution in [1.29, 1.82) is 0 Å². The number of benzene rings is 1. The summed E-state index contributed by atoms with van der Waals surface area (Å²) in [4.78, 5) is 39.9. The van der Waals surface area contributed by atoms with E-state index in [9.17, 15) is 19.5 Å². The van der Waals surface area contributed by atoms with Gasteiger partial charge in [0, 0.05) is 37.1 Å². The van der Waals surface area contributed by atoms with Crippen molar-refractivity contribution in [3.05, 3.63) is 47.9 Å². The van der Waals surface area contributed by atoms with Crippen molar-refractivity contribution in [2.24, 2.45) is 0 Å². The quantitative estimate of drug-likeness (QED) is 0.513. The monoisotopic (exact) mass is 493 g/mol. The van der Waals surface area contributed by atoms with Gasteiger partial charge in [0.1, 0.15) is 6.54 Å². The number of piperazine rings is 1. The second kappa shape index (κ2) is 10.2. The normalized spacial score (nSPS) is 17.5. The second-order valence-corrected chi connectivity index (χ2v) is 9.78. The number of carboxylic acid groups (broad SMARTS) is 2. The largest absolute Gasteiger partial charge is 0.480 e. The fraction of sp³-hybridized carbons (Fsp3) is 0.444. The van der Waals surface area contributed by atoms with E-state index in [2.05, 4.69) is 0 Å². The van der Waals surface area contributed by atoms with Gasteiger partial charge < -0.3 is 24.1 Å². The minimum absolute atomic E-state index is 0.0301. The molecule has 9 nitrogen and oxygen atoms in total. The Morgan fingerprint density at radius 1 is 0.944 bits per heavy atom. The number of aromatic nitrogens is 1. The van der Waals surface area contributed by atoms with Crippen LogP contribution in [0.2, 0.25) is 0 Å². The maximum absolute atomic E-state index is 13.5. The predicted octanol–water partition coefficient (Wildman–Crippen LogP) is 3.88. The standard InChI is InChI=1S/C27H31N3O6/c31-23(29-11-9-28(10-12-29)16-24(32)33)15-30-22-14-19(27(34)35)6-7-21(22)25(18-4-2-1-3-5-18)26(30)20-8-13-36-17-20/h6-8,13-14,17-18H,1-5,9-12,15-16H2,(H,32,33)(H,34,35). The summed E-state index contributed by atoms with van der Waals surface area (Å²) in [5.41, 5.74) is 3.89. The zero-order valence-electron chi connectivity index (χ0n) is 20.2. The van der Waals surface area contributed by atoms with Crippen molar-refractivity contribution in [3.8, 4) is 11.3 Å². The van der Waals surface area contributed by atoms with Crippen molar-refractivity contribution in [2.75, 3.05) is 32.7 Å². The number of nitrogens with zero attached hydrogens (tertiary/aromatic N) is 3. The first-order valence-corrected chi connectivity index (χ1v) is 12.6. The highest BCUT2D eigenvalue weighted by Crippen LogP contribution is 2.44. The lowest BCUT2D eigenvalue weighted by Gasteiger charge is -2.34. The van der Waals surface area contributed by atoms with Crippen LogP contribution in [0, 0.1) is 0 Å². The molecule has 5 rings (SSSR count). The van der Waals surface area contributed by atoms with Gasteiger partial charge in [0.15, 0.2) is 0 Å². The van der Waals surface area contributed by atoms with E-state index in [0.717, 1.165) is 47.8 Å². The number of furan rings is 1. The Kier molecular flexibility index (Phi) is 6.82. The molecule has 36 heavy (non-hydrogen) atoms. The maximum atomic E-state index is 13.5. The molecule has 9 heteroatoms. The molecule has 1 saturated heterocycles. The van der Waals surface area contributed by atoms with Gasteiger partial charge in [-0.05, 0) is 42.5 Å². The number of hydrogen-bond donors (Lipinski definition) is 2. The summed E-state index contributed by atoms with van der Waals surface area (Å²) in [6.45, 7) is 1.98. The summed E-state index contributed by atoms with van der Waals surface area (Å²) in [5, 5.41) is 19.7. The average Bonchev–Trinajstić information content (AvgIpc) is 3.51. The average molecular weight is 494 g/mol. The number of fused-ring (bicyclic) bond motifs is 1. The van der Waals surface area contributed by atoms with Crippen LogP contribution in [-0.2, 0) is 16.1 Å². The SMILES string of the molecule is O=C(O)CN1CCN(C(=O)Cn2c(-c3ccoc3)c(C3CCCCC3)c3ccc(C(=O)O)cc32)CC1. The van der Waals surface area contributed by atoms with Gasteiger partial charge in [-0.25, -0.2) is 4.79 Å².